The van der Waals surface area contributed by atoms with E-state index >= 15 is 0 Å². The normalized spacial score (nSPS) is 16.0. The van der Waals surface area contributed by atoms with Gasteiger partial charge in [-0.25, -0.2) is 0 Å². The Morgan fingerprint density at radius 1 is 1.19 bits per heavy atom. The number of carbonyl (C=O) groups is 2. The van der Waals surface area contributed by atoms with Gasteiger partial charge in [-0.3, -0.25) is 19.8 Å². The van der Waals surface area contributed by atoms with Gasteiger partial charge in [-0.2, -0.15) is 0 Å². The Balaban J connectivity index is 2.01. The molecule has 2 amide bonds. The lowest BCUT2D eigenvalue weighted by molar-refractivity contribution is -0.122. The summed E-state index contributed by atoms with van der Waals surface area (Å²) in [7, 11) is 1.41. The molecule has 8 heteroatoms. The predicted molar refractivity (Wildman–Crippen MR) is 105 cm³/mol. The van der Waals surface area contributed by atoms with Gasteiger partial charge in [0.05, 0.1) is 12.8 Å². The van der Waals surface area contributed by atoms with E-state index in [0.717, 1.165) is 4.47 Å². The number of amides is 2. The van der Waals surface area contributed by atoms with Crippen molar-refractivity contribution in [2.24, 2.45) is 0 Å². The van der Waals surface area contributed by atoms with Crippen LogP contribution in [0.3, 0.4) is 0 Å². The van der Waals surface area contributed by atoms with Crippen LogP contribution >= 0.6 is 28.1 Å². The minimum absolute atomic E-state index is 0.0164. The van der Waals surface area contributed by atoms with Crippen LogP contribution in [0.1, 0.15) is 5.56 Å². The number of anilines is 1. The molecule has 0 aliphatic carbocycles. The fourth-order valence-corrected chi connectivity index (χ4v) is 2.98. The van der Waals surface area contributed by atoms with Crippen molar-refractivity contribution in [3.05, 3.63) is 58.1 Å². The number of hydrogen-bond acceptors (Lipinski definition) is 5. The maximum atomic E-state index is 12.9. The number of phenols is 1. The first-order valence-electron chi connectivity index (χ1n) is 7.44. The third-order valence-electron chi connectivity index (χ3n) is 3.70. The number of rotatable bonds is 3. The second-order valence-electron chi connectivity index (χ2n) is 5.37. The molecule has 6 nitrogen and oxygen atoms in total. The van der Waals surface area contributed by atoms with Gasteiger partial charge in [-0.05, 0) is 60.3 Å². The highest BCUT2D eigenvalue weighted by Gasteiger charge is 2.34. The minimum atomic E-state index is -0.583. The Morgan fingerprint density at radius 3 is 2.54 bits per heavy atom. The van der Waals surface area contributed by atoms with E-state index in [1.807, 2.05) is 0 Å². The Kier molecular flexibility index (Phi) is 5.06. The Bertz CT molecular complexity index is 941. The molecular weight excluding hydrogens is 420 g/mol. The maximum absolute atomic E-state index is 12.9. The summed E-state index contributed by atoms with van der Waals surface area (Å²) in [6.45, 7) is 0. The highest BCUT2D eigenvalue weighted by atomic mass is 79.9. The molecule has 2 aromatic rings. The van der Waals surface area contributed by atoms with Crippen molar-refractivity contribution in [2.75, 3.05) is 12.0 Å². The number of benzene rings is 2. The van der Waals surface area contributed by atoms with Crippen LogP contribution in [0.4, 0.5) is 5.69 Å². The lowest BCUT2D eigenvalue weighted by atomic mass is 10.1. The van der Waals surface area contributed by atoms with Crippen molar-refractivity contribution in [1.82, 2.24) is 5.32 Å². The quantitative estimate of drug-likeness (QED) is 0.442. The third kappa shape index (κ3) is 3.47. The van der Waals surface area contributed by atoms with E-state index in [9.17, 15) is 14.7 Å². The molecule has 26 heavy (non-hydrogen) atoms. The summed E-state index contributed by atoms with van der Waals surface area (Å²) >= 11 is 8.49. The monoisotopic (exact) mass is 432 g/mol. The average molecular weight is 433 g/mol. The first-order valence-corrected chi connectivity index (χ1v) is 8.65. The molecule has 0 spiro atoms. The van der Waals surface area contributed by atoms with E-state index in [-0.39, 0.29) is 22.2 Å². The van der Waals surface area contributed by atoms with Crippen molar-refractivity contribution >= 4 is 56.8 Å². The lowest BCUT2D eigenvalue weighted by Crippen LogP contribution is -2.54. The van der Waals surface area contributed by atoms with E-state index in [0.29, 0.717) is 11.3 Å². The fraction of sp³-hybridized carbons (Fsp3) is 0.0556. The van der Waals surface area contributed by atoms with E-state index in [1.54, 1.807) is 30.3 Å². The molecule has 1 aliphatic heterocycles. The SMILES string of the molecule is COc1cc(/C=C2/C(=O)NC(=S)N(c3ccc(Br)cc3)C2=O)ccc1O. The summed E-state index contributed by atoms with van der Waals surface area (Å²) in [6, 6.07) is 11.5. The summed E-state index contributed by atoms with van der Waals surface area (Å²) in [6.07, 6.45) is 1.42. The molecule has 132 valence electrons. The molecule has 1 saturated heterocycles. The molecule has 1 heterocycles. The molecule has 0 radical (unpaired) electrons. The molecule has 2 aromatic carbocycles. The smallest absolute Gasteiger partial charge is 0.270 e. The maximum Gasteiger partial charge on any atom is 0.270 e. The molecule has 2 N–H and O–H groups in total. The number of hydrogen-bond donors (Lipinski definition) is 2. The number of nitrogens with one attached hydrogen (secondary N) is 1. The molecule has 3 rings (SSSR count). The van der Waals surface area contributed by atoms with Gasteiger partial charge in [0.15, 0.2) is 16.6 Å². The molecule has 0 bridgehead atoms. The lowest BCUT2D eigenvalue weighted by Gasteiger charge is -2.29. The van der Waals surface area contributed by atoms with Crippen LogP contribution in [0.15, 0.2) is 52.5 Å². The van der Waals surface area contributed by atoms with Crippen LogP contribution in [0.2, 0.25) is 0 Å². The van der Waals surface area contributed by atoms with E-state index in [4.69, 9.17) is 17.0 Å². The number of nitrogens with zero attached hydrogens (tertiary/aromatic N) is 1. The number of aromatic hydroxyl groups is 1. The number of methoxy groups -OCH3 is 1. The van der Waals surface area contributed by atoms with Crippen LogP contribution in [0.25, 0.3) is 6.08 Å². The Labute approximate surface area is 163 Å². The van der Waals surface area contributed by atoms with Gasteiger partial charge in [-0.15, -0.1) is 0 Å². The molecular formula is C18H13BrN2O4S. The zero-order valence-electron chi connectivity index (χ0n) is 13.5. The first-order chi connectivity index (χ1) is 12.4. The van der Waals surface area contributed by atoms with Crippen molar-refractivity contribution in [3.8, 4) is 11.5 Å². The van der Waals surface area contributed by atoms with Crippen molar-refractivity contribution in [3.63, 3.8) is 0 Å². The van der Waals surface area contributed by atoms with Crippen molar-refractivity contribution in [2.45, 2.75) is 0 Å². The molecule has 0 aromatic heterocycles. The van der Waals surface area contributed by atoms with Crippen molar-refractivity contribution < 1.29 is 19.4 Å². The number of halogens is 1. The standard InChI is InChI=1S/C18H13BrN2O4S/c1-25-15-9-10(2-7-14(15)22)8-13-16(23)20-18(26)21(17(13)24)12-5-3-11(19)4-6-12/h2-9,22H,1H3,(H,20,23,26)/b13-8-. The molecule has 0 unspecified atom stereocenters. The van der Waals surface area contributed by atoms with E-state index in [1.165, 1.54) is 30.2 Å². The number of phenolic OH excluding ortho intramolecular Hbond substituents is 1. The van der Waals surface area contributed by atoms with Gasteiger partial charge in [-0.1, -0.05) is 22.0 Å². The highest BCUT2D eigenvalue weighted by molar-refractivity contribution is 9.10. The van der Waals surface area contributed by atoms with Crippen LogP contribution in [0.5, 0.6) is 11.5 Å². The molecule has 1 fully saturated rings. The van der Waals surface area contributed by atoms with Crippen LogP contribution < -0.4 is 15.0 Å². The summed E-state index contributed by atoms with van der Waals surface area (Å²) < 4.78 is 5.90. The third-order valence-corrected chi connectivity index (χ3v) is 4.51. The Hall–Kier alpha value is -2.71. The second kappa shape index (κ2) is 7.27. The van der Waals surface area contributed by atoms with Crippen molar-refractivity contribution in [1.29, 1.82) is 0 Å². The summed E-state index contributed by atoms with van der Waals surface area (Å²) in [5, 5.41) is 12.2. The summed E-state index contributed by atoms with van der Waals surface area (Å²) in [5.41, 5.74) is 0.994. The van der Waals surface area contributed by atoms with Gasteiger partial charge in [0.25, 0.3) is 11.8 Å². The van der Waals surface area contributed by atoms with Crippen LogP contribution in [-0.2, 0) is 9.59 Å². The zero-order valence-corrected chi connectivity index (χ0v) is 15.9. The van der Waals surface area contributed by atoms with Crippen LogP contribution in [-0.4, -0.2) is 29.1 Å². The van der Waals surface area contributed by atoms with Gasteiger partial charge in [0.2, 0.25) is 0 Å². The molecule has 0 atom stereocenters. The van der Waals surface area contributed by atoms with E-state index < -0.39 is 11.8 Å². The van der Waals surface area contributed by atoms with E-state index in [2.05, 4.69) is 21.2 Å². The van der Waals surface area contributed by atoms with Crippen LogP contribution in [0, 0.1) is 0 Å². The van der Waals surface area contributed by atoms with Gasteiger partial charge in [0.1, 0.15) is 5.57 Å². The molecule has 1 aliphatic rings. The average Bonchev–Trinajstić information content (AvgIpc) is 2.61. The second-order valence-corrected chi connectivity index (χ2v) is 6.67. The fourth-order valence-electron chi connectivity index (χ4n) is 2.43. The minimum Gasteiger partial charge on any atom is -0.504 e. The molecule has 0 saturated carbocycles. The highest BCUT2D eigenvalue weighted by Crippen LogP contribution is 2.28. The summed E-state index contributed by atoms with van der Waals surface area (Å²) in [5.74, 6) is -0.913. The van der Waals surface area contributed by atoms with Gasteiger partial charge < -0.3 is 9.84 Å². The number of ether oxygens (including phenoxy) is 1. The number of carbonyl (C=O) groups excluding carboxylic acids is 2. The summed E-state index contributed by atoms with van der Waals surface area (Å²) in [4.78, 5) is 26.4. The number of thiocarbonyl (C=S) groups is 1. The zero-order chi connectivity index (χ0) is 18.8. The van der Waals surface area contributed by atoms with Gasteiger partial charge in [0, 0.05) is 4.47 Å². The Morgan fingerprint density at radius 2 is 1.88 bits per heavy atom. The van der Waals surface area contributed by atoms with Gasteiger partial charge >= 0.3 is 0 Å². The largest absolute Gasteiger partial charge is 0.504 e. The predicted octanol–water partition coefficient (Wildman–Crippen LogP) is 2.99. The first kappa shape index (κ1) is 18.1. The topological polar surface area (TPSA) is 78.9 Å².